The number of nitrogens with one attached hydrogen (secondary N) is 1. The average molecular weight is 349 g/mol. The summed E-state index contributed by atoms with van der Waals surface area (Å²) in [6.45, 7) is 3.21. The molecule has 0 spiro atoms. The fourth-order valence-electron chi connectivity index (χ4n) is 4.01. The number of H-pyrrole nitrogens is 1. The van der Waals surface area contributed by atoms with Crippen LogP contribution in [-0.2, 0) is 7.05 Å². The van der Waals surface area contributed by atoms with Crippen LogP contribution in [0, 0.1) is 5.41 Å². The van der Waals surface area contributed by atoms with E-state index in [4.69, 9.17) is 4.98 Å². The number of carbonyl (C=O) groups excluding carboxylic acids is 1. The molecule has 4 heterocycles. The number of nitrogens with zero attached hydrogens (tertiary/aromatic N) is 4. The van der Waals surface area contributed by atoms with Crippen molar-refractivity contribution in [3.8, 4) is 11.3 Å². The zero-order valence-corrected chi connectivity index (χ0v) is 15.2. The molecule has 5 rings (SSSR count). The lowest BCUT2D eigenvalue weighted by atomic mass is 9.90. The molecule has 26 heavy (non-hydrogen) atoms. The van der Waals surface area contributed by atoms with Crippen LogP contribution in [0.25, 0.3) is 22.3 Å². The molecular formula is C20H23N5O. The third kappa shape index (κ3) is 2.43. The smallest absolute Gasteiger partial charge is 0.270 e. The first kappa shape index (κ1) is 15.6. The molecule has 3 aromatic heterocycles. The van der Waals surface area contributed by atoms with E-state index in [0.29, 0.717) is 11.5 Å². The van der Waals surface area contributed by atoms with E-state index in [1.807, 2.05) is 36.0 Å². The fourth-order valence-corrected chi connectivity index (χ4v) is 4.01. The van der Waals surface area contributed by atoms with E-state index in [9.17, 15) is 4.79 Å². The van der Waals surface area contributed by atoms with Crippen LogP contribution < -0.4 is 0 Å². The number of hydrogen-bond acceptors (Lipinski definition) is 3. The highest BCUT2D eigenvalue weighted by atomic mass is 16.2. The SMILES string of the molecule is Cn1c(C(=O)N2CC[C@@H]2CC2(C)CC2)cc2ccc(-c3cn[nH]c3)nc21. The summed E-state index contributed by atoms with van der Waals surface area (Å²) in [4.78, 5) is 19.9. The Morgan fingerprint density at radius 3 is 2.88 bits per heavy atom. The number of rotatable bonds is 4. The predicted molar refractivity (Wildman–Crippen MR) is 99.7 cm³/mol. The van der Waals surface area contributed by atoms with Gasteiger partial charge >= 0.3 is 0 Å². The summed E-state index contributed by atoms with van der Waals surface area (Å²) in [5.41, 5.74) is 3.83. The molecule has 134 valence electrons. The lowest BCUT2D eigenvalue weighted by molar-refractivity contribution is 0.0390. The van der Waals surface area contributed by atoms with Gasteiger partial charge in [0.1, 0.15) is 11.3 Å². The summed E-state index contributed by atoms with van der Waals surface area (Å²) in [7, 11) is 1.93. The van der Waals surface area contributed by atoms with E-state index in [0.717, 1.165) is 47.4 Å². The minimum Gasteiger partial charge on any atom is -0.334 e. The van der Waals surface area contributed by atoms with Gasteiger partial charge in [-0.15, -0.1) is 0 Å². The van der Waals surface area contributed by atoms with E-state index < -0.39 is 0 Å². The lowest BCUT2D eigenvalue weighted by Gasteiger charge is -2.42. The zero-order valence-electron chi connectivity index (χ0n) is 15.2. The minimum atomic E-state index is 0.135. The number of aryl methyl sites for hydroxylation is 1. The van der Waals surface area contributed by atoms with Gasteiger partial charge in [-0.05, 0) is 49.3 Å². The number of carbonyl (C=O) groups is 1. The minimum absolute atomic E-state index is 0.135. The van der Waals surface area contributed by atoms with Crippen LogP contribution in [0.1, 0.15) is 43.1 Å². The molecule has 1 saturated heterocycles. The summed E-state index contributed by atoms with van der Waals surface area (Å²) in [5, 5.41) is 7.80. The molecule has 1 atom stereocenters. The molecule has 1 saturated carbocycles. The number of fused-ring (bicyclic) bond motifs is 1. The van der Waals surface area contributed by atoms with Crippen molar-refractivity contribution in [2.75, 3.05) is 6.54 Å². The van der Waals surface area contributed by atoms with Crippen molar-refractivity contribution in [2.24, 2.45) is 12.5 Å². The topological polar surface area (TPSA) is 66.8 Å². The highest BCUT2D eigenvalue weighted by molar-refractivity contribution is 5.98. The van der Waals surface area contributed by atoms with Gasteiger partial charge in [0.2, 0.25) is 0 Å². The first-order chi connectivity index (χ1) is 12.5. The molecule has 0 radical (unpaired) electrons. The third-order valence-electron chi connectivity index (χ3n) is 6.13. The summed E-state index contributed by atoms with van der Waals surface area (Å²) in [6.07, 6.45) is 8.47. The Balaban J connectivity index is 1.45. The Kier molecular flexibility index (Phi) is 3.26. The zero-order chi connectivity index (χ0) is 17.9. The number of aromatic amines is 1. The van der Waals surface area contributed by atoms with E-state index in [1.165, 1.54) is 12.8 Å². The third-order valence-corrected chi connectivity index (χ3v) is 6.13. The molecule has 2 aliphatic rings. The highest BCUT2D eigenvalue weighted by Crippen LogP contribution is 2.51. The molecule has 1 aliphatic heterocycles. The van der Waals surface area contributed by atoms with Gasteiger partial charge in [-0.1, -0.05) is 6.92 Å². The molecule has 0 unspecified atom stereocenters. The second-order valence-electron chi connectivity index (χ2n) is 8.14. The van der Waals surface area contributed by atoms with Crippen LogP contribution in [0.4, 0.5) is 0 Å². The maximum absolute atomic E-state index is 13.1. The molecule has 1 amide bonds. The van der Waals surface area contributed by atoms with Gasteiger partial charge in [0.25, 0.3) is 5.91 Å². The molecule has 6 heteroatoms. The number of aromatic nitrogens is 4. The Hall–Kier alpha value is -2.63. The van der Waals surface area contributed by atoms with Crippen LogP contribution in [0.3, 0.4) is 0 Å². The van der Waals surface area contributed by atoms with Crippen molar-refractivity contribution < 1.29 is 4.79 Å². The molecule has 3 aromatic rings. The van der Waals surface area contributed by atoms with Gasteiger partial charge in [0.15, 0.2) is 0 Å². The number of hydrogen-bond donors (Lipinski definition) is 1. The first-order valence-electron chi connectivity index (χ1n) is 9.31. The van der Waals surface area contributed by atoms with Crippen molar-refractivity contribution in [3.05, 3.63) is 36.3 Å². The summed E-state index contributed by atoms with van der Waals surface area (Å²) in [5.74, 6) is 0.135. The average Bonchev–Trinajstić information content (AvgIpc) is 3.01. The van der Waals surface area contributed by atoms with Crippen LogP contribution in [0.5, 0.6) is 0 Å². The Morgan fingerprint density at radius 1 is 1.38 bits per heavy atom. The Labute approximate surface area is 152 Å². The van der Waals surface area contributed by atoms with E-state index in [-0.39, 0.29) is 5.91 Å². The van der Waals surface area contributed by atoms with Gasteiger partial charge in [0, 0.05) is 36.8 Å². The van der Waals surface area contributed by atoms with Gasteiger partial charge in [0.05, 0.1) is 11.9 Å². The standard InChI is InChI=1S/C20H23N5O/c1-20(6-7-20)10-15-5-8-25(15)19(26)17-9-13-3-4-16(14-11-21-22-12-14)23-18(13)24(17)2/h3-4,9,11-12,15H,5-8,10H2,1-2H3,(H,21,22)/t15-/m1/s1. The number of likely N-dealkylation sites (tertiary alicyclic amines) is 1. The molecule has 2 fully saturated rings. The van der Waals surface area contributed by atoms with Crippen molar-refractivity contribution in [2.45, 2.75) is 38.6 Å². The molecule has 0 bridgehead atoms. The van der Waals surface area contributed by atoms with Gasteiger partial charge in [-0.25, -0.2) is 4.98 Å². The van der Waals surface area contributed by atoms with Gasteiger partial charge in [-0.2, -0.15) is 5.10 Å². The van der Waals surface area contributed by atoms with Crippen LogP contribution in [-0.4, -0.2) is 43.1 Å². The van der Waals surface area contributed by atoms with Crippen molar-refractivity contribution >= 4 is 16.9 Å². The van der Waals surface area contributed by atoms with Gasteiger partial charge in [-0.3, -0.25) is 9.89 Å². The predicted octanol–water partition coefficient (Wildman–Crippen LogP) is 3.37. The van der Waals surface area contributed by atoms with Crippen LogP contribution in [0.15, 0.2) is 30.6 Å². The highest BCUT2D eigenvalue weighted by Gasteiger charge is 2.44. The van der Waals surface area contributed by atoms with Crippen molar-refractivity contribution in [1.29, 1.82) is 0 Å². The monoisotopic (exact) mass is 349 g/mol. The maximum Gasteiger partial charge on any atom is 0.270 e. The molecular weight excluding hydrogens is 326 g/mol. The fraction of sp³-hybridized carbons (Fsp3) is 0.450. The molecule has 1 aliphatic carbocycles. The van der Waals surface area contributed by atoms with Crippen molar-refractivity contribution in [1.82, 2.24) is 24.6 Å². The summed E-state index contributed by atoms with van der Waals surface area (Å²) in [6, 6.07) is 6.38. The largest absolute Gasteiger partial charge is 0.334 e. The van der Waals surface area contributed by atoms with E-state index in [2.05, 4.69) is 22.0 Å². The summed E-state index contributed by atoms with van der Waals surface area (Å²) < 4.78 is 1.93. The van der Waals surface area contributed by atoms with Crippen LogP contribution >= 0.6 is 0 Å². The molecule has 6 nitrogen and oxygen atoms in total. The summed E-state index contributed by atoms with van der Waals surface area (Å²) >= 11 is 0. The first-order valence-corrected chi connectivity index (χ1v) is 9.31. The second kappa shape index (κ2) is 5.43. The number of amides is 1. The molecule has 0 aromatic carbocycles. The molecule has 1 N–H and O–H groups in total. The lowest BCUT2D eigenvalue weighted by Crippen LogP contribution is -2.52. The quantitative estimate of drug-likeness (QED) is 0.785. The normalized spacial score (nSPS) is 21.0. The second-order valence-corrected chi connectivity index (χ2v) is 8.14. The maximum atomic E-state index is 13.1. The Bertz CT molecular complexity index is 983. The van der Waals surface area contributed by atoms with Crippen molar-refractivity contribution in [3.63, 3.8) is 0 Å². The van der Waals surface area contributed by atoms with Crippen LogP contribution in [0.2, 0.25) is 0 Å². The van der Waals surface area contributed by atoms with E-state index in [1.54, 1.807) is 6.20 Å². The van der Waals surface area contributed by atoms with Gasteiger partial charge < -0.3 is 9.47 Å². The number of pyridine rings is 1. The Morgan fingerprint density at radius 2 is 2.23 bits per heavy atom. The van der Waals surface area contributed by atoms with E-state index >= 15 is 0 Å².